The lowest BCUT2D eigenvalue weighted by Gasteiger charge is -2.21. The van der Waals surface area contributed by atoms with E-state index in [-0.39, 0.29) is 10.5 Å². The molecule has 0 aliphatic carbocycles. The van der Waals surface area contributed by atoms with Crippen LogP contribution in [0.3, 0.4) is 0 Å². The highest BCUT2D eigenvalue weighted by atomic mass is 127. The second-order valence-corrected chi connectivity index (χ2v) is 7.83. The maximum Gasteiger partial charge on any atom is 0.179 e. The molecule has 0 aromatic heterocycles. The number of hydrogen-bond donors (Lipinski definition) is 0. The first kappa shape index (κ1) is 12.9. The Bertz CT molecular complexity index is 427. The van der Waals surface area contributed by atoms with Crippen molar-refractivity contribution < 1.29 is 4.79 Å². The van der Waals surface area contributed by atoms with E-state index in [1.807, 2.05) is 18.2 Å². The lowest BCUT2D eigenvalue weighted by molar-refractivity contribution is 0.0948. The van der Waals surface area contributed by atoms with Crippen LogP contribution in [0, 0.1) is 3.57 Å². The van der Waals surface area contributed by atoms with Crippen LogP contribution in [0.2, 0.25) is 0 Å². The lowest BCUT2D eigenvalue weighted by atomic mass is 9.95. The summed E-state index contributed by atoms with van der Waals surface area (Å²) in [5, 5.41) is 0. The average molecular weight is 411 g/mol. The monoisotopic (exact) mass is 410 g/mol. The van der Waals surface area contributed by atoms with Crippen LogP contribution in [0.25, 0.3) is 0 Å². The van der Waals surface area contributed by atoms with Gasteiger partial charge >= 0.3 is 0 Å². The quantitative estimate of drug-likeness (QED) is 0.526. The Labute approximate surface area is 122 Å². The third kappa shape index (κ3) is 2.48. The van der Waals surface area contributed by atoms with Gasteiger partial charge in [0.15, 0.2) is 5.78 Å². The highest BCUT2D eigenvalue weighted by molar-refractivity contribution is 14.1. The molecule has 86 valence electrons. The molecule has 0 radical (unpaired) electrons. The van der Waals surface area contributed by atoms with Crippen molar-refractivity contribution in [3.05, 3.63) is 31.8 Å². The second kappa shape index (κ2) is 4.98. The molecule has 1 aliphatic heterocycles. The van der Waals surface area contributed by atoms with Crippen molar-refractivity contribution in [2.75, 3.05) is 5.75 Å². The lowest BCUT2D eigenvalue weighted by Crippen LogP contribution is -2.29. The normalized spacial score (nSPS) is 24.7. The molecule has 0 bridgehead atoms. The minimum Gasteiger partial charge on any atom is -0.293 e. The molecule has 16 heavy (non-hydrogen) atoms. The van der Waals surface area contributed by atoms with Gasteiger partial charge in [0, 0.05) is 13.6 Å². The fourth-order valence-electron chi connectivity index (χ4n) is 1.91. The van der Waals surface area contributed by atoms with E-state index in [0.29, 0.717) is 0 Å². The summed E-state index contributed by atoms with van der Waals surface area (Å²) in [6.45, 7) is 2.07. The summed E-state index contributed by atoms with van der Waals surface area (Å²) in [5.74, 6) is 1.37. The highest BCUT2D eigenvalue weighted by Crippen LogP contribution is 2.41. The summed E-state index contributed by atoms with van der Waals surface area (Å²) in [7, 11) is 0. The van der Waals surface area contributed by atoms with Gasteiger partial charge < -0.3 is 0 Å². The Kier molecular flexibility index (Phi) is 4.01. The van der Waals surface area contributed by atoms with Crippen LogP contribution in [0.1, 0.15) is 30.1 Å². The highest BCUT2D eigenvalue weighted by Gasteiger charge is 2.38. The van der Waals surface area contributed by atoms with E-state index in [1.54, 1.807) is 11.8 Å². The maximum absolute atomic E-state index is 12.5. The van der Waals surface area contributed by atoms with Gasteiger partial charge in [-0.1, -0.05) is 15.9 Å². The molecule has 0 amide bonds. The SMILES string of the molecule is CC1(C(=O)c2cc(I)ccc2Br)CCCS1. The van der Waals surface area contributed by atoms with Crippen molar-refractivity contribution in [3.8, 4) is 0 Å². The number of thioether (sulfide) groups is 1. The van der Waals surface area contributed by atoms with E-state index in [1.165, 1.54) is 0 Å². The topological polar surface area (TPSA) is 17.1 Å². The predicted octanol–water partition coefficient (Wildman–Crippen LogP) is 4.52. The first-order valence-electron chi connectivity index (χ1n) is 5.17. The molecule has 0 saturated carbocycles. The van der Waals surface area contributed by atoms with Crippen LogP contribution in [-0.4, -0.2) is 16.3 Å². The van der Waals surface area contributed by atoms with Crippen molar-refractivity contribution in [1.29, 1.82) is 0 Å². The predicted molar refractivity (Wildman–Crippen MR) is 81.3 cm³/mol. The summed E-state index contributed by atoms with van der Waals surface area (Å²) in [6.07, 6.45) is 2.14. The molecule has 0 spiro atoms. The van der Waals surface area contributed by atoms with Crippen LogP contribution >= 0.6 is 50.3 Å². The molecule has 0 N–H and O–H groups in total. The number of carbonyl (C=O) groups excluding carboxylic acids is 1. The van der Waals surface area contributed by atoms with Crippen molar-refractivity contribution in [1.82, 2.24) is 0 Å². The van der Waals surface area contributed by atoms with Crippen LogP contribution < -0.4 is 0 Å². The van der Waals surface area contributed by atoms with Gasteiger partial charge in [0.2, 0.25) is 0 Å². The number of halogens is 2. The van der Waals surface area contributed by atoms with Gasteiger partial charge in [0.1, 0.15) is 0 Å². The van der Waals surface area contributed by atoms with E-state index in [2.05, 4.69) is 45.4 Å². The molecule has 1 atom stereocenters. The Hall–Kier alpha value is 0.450. The molecular formula is C12H12BrIOS. The largest absolute Gasteiger partial charge is 0.293 e. The van der Waals surface area contributed by atoms with Crippen LogP contribution in [0.5, 0.6) is 0 Å². The molecule has 1 aliphatic rings. The van der Waals surface area contributed by atoms with Crippen molar-refractivity contribution in [2.45, 2.75) is 24.5 Å². The fourth-order valence-corrected chi connectivity index (χ4v) is 4.10. The molecule has 1 heterocycles. The van der Waals surface area contributed by atoms with Gasteiger partial charge in [0.25, 0.3) is 0 Å². The number of ketones is 1. The summed E-state index contributed by atoms with van der Waals surface area (Å²) in [5.41, 5.74) is 0.823. The Morgan fingerprint density at radius 2 is 2.31 bits per heavy atom. The molecule has 1 fully saturated rings. The number of carbonyl (C=O) groups is 1. The zero-order valence-corrected chi connectivity index (χ0v) is 13.5. The van der Waals surface area contributed by atoms with Crippen LogP contribution in [0.4, 0.5) is 0 Å². The zero-order chi connectivity index (χ0) is 11.8. The number of benzene rings is 1. The van der Waals surface area contributed by atoms with Gasteiger partial charge in [-0.2, -0.15) is 0 Å². The average Bonchev–Trinajstić information content (AvgIpc) is 2.69. The first-order valence-corrected chi connectivity index (χ1v) is 8.02. The van der Waals surface area contributed by atoms with Gasteiger partial charge in [0.05, 0.1) is 4.75 Å². The molecule has 1 aromatic rings. The summed E-state index contributed by atoms with van der Waals surface area (Å²) < 4.78 is 1.80. The minimum atomic E-state index is -0.215. The van der Waals surface area contributed by atoms with Crippen molar-refractivity contribution in [3.63, 3.8) is 0 Å². The molecule has 1 unspecified atom stereocenters. The summed E-state index contributed by atoms with van der Waals surface area (Å²) >= 11 is 7.50. The van der Waals surface area contributed by atoms with Gasteiger partial charge in [-0.3, -0.25) is 4.79 Å². The standard InChI is InChI=1S/C12H12BrIOS/c1-12(5-2-6-16-12)11(15)9-7-8(14)3-4-10(9)13/h3-4,7H,2,5-6H2,1H3. The molecule has 1 aromatic carbocycles. The zero-order valence-electron chi connectivity index (χ0n) is 8.93. The fraction of sp³-hybridized carbons (Fsp3) is 0.417. The molecule has 2 rings (SSSR count). The maximum atomic E-state index is 12.5. The summed E-state index contributed by atoms with van der Waals surface area (Å²) in [6, 6.07) is 5.93. The van der Waals surface area contributed by atoms with Crippen LogP contribution in [-0.2, 0) is 0 Å². The van der Waals surface area contributed by atoms with E-state index in [9.17, 15) is 4.79 Å². The number of rotatable bonds is 2. The molecule has 4 heteroatoms. The number of Topliss-reactive ketones (excluding diaryl/α,β-unsaturated/α-hetero) is 1. The number of hydrogen-bond acceptors (Lipinski definition) is 2. The minimum absolute atomic E-state index is 0.215. The van der Waals surface area contributed by atoms with E-state index in [0.717, 1.165) is 32.2 Å². The Balaban J connectivity index is 2.36. The van der Waals surface area contributed by atoms with E-state index < -0.39 is 0 Å². The van der Waals surface area contributed by atoms with Gasteiger partial charge in [-0.15, -0.1) is 11.8 Å². The van der Waals surface area contributed by atoms with Crippen LogP contribution in [0.15, 0.2) is 22.7 Å². The third-order valence-corrected chi connectivity index (χ3v) is 5.75. The first-order chi connectivity index (χ1) is 7.53. The smallest absolute Gasteiger partial charge is 0.179 e. The molecular weight excluding hydrogens is 399 g/mol. The Morgan fingerprint density at radius 3 is 2.94 bits per heavy atom. The second-order valence-electron chi connectivity index (χ2n) is 4.14. The van der Waals surface area contributed by atoms with E-state index >= 15 is 0 Å². The summed E-state index contributed by atoms with van der Waals surface area (Å²) in [4.78, 5) is 12.5. The van der Waals surface area contributed by atoms with Gasteiger partial charge in [-0.25, -0.2) is 0 Å². The van der Waals surface area contributed by atoms with Gasteiger partial charge in [-0.05, 0) is 66.3 Å². The van der Waals surface area contributed by atoms with Crippen molar-refractivity contribution in [2.24, 2.45) is 0 Å². The Morgan fingerprint density at radius 1 is 1.56 bits per heavy atom. The molecule has 1 nitrogen and oxygen atoms in total. The van der Waals surface area contributed by atoms with E-state index in [4.69, 9.17) is 0 Å². The van der Waals surface area contributed by atoms with Crippen molar-refractivity contribution >= 4 is 56.1 Å². The third-order valence-electron chi connectivity index (χ3n) is 2.87. The molecule has 1 saturated heterocycles.